The highest BCUT2D eigenvalue weighted by atomic mass is 35.5. The lowest BCUT2D eigenvalue weighted by Gasteiger charge is -2.23. The molecule has 1 aromatic carbocycles. The van der Waals surface area contributed by atoms with E-state index in [1.807, 2.05) is 38.1 Å². The Morgan fingerprint density at radius 2 is 2.18 bits per heavy atom. The Balaban J connectivity index is 0.00000242. The molecule has 0 bridgehead atoms. The molecule has 1 aliphatic heterocycles. The van der Waals surface area contributed by atoms with Crippen molar-refractivity contribution in [1.82, 2.24) is 10.6 Å². The smallest absolute Gasteiger partial charge is 0.224 e. The van der Waals surface area contributed by atoms with E-state index in [4.69, 9.17) is 4.74 Å². The zero-order valence-corrected chi connectivity index (χ0v) is 14.2. The zero-order valence-electron chi connectivity index (χ0n) is 13.4. The second-order valence-electron chi connectivity index (χ2n) is 5.97. The van der Waals surface area contributed by atoms with Crippen LogP contribution in [0.3, 0.4) is 0 Å². The summed E-state index contributed by atoms with van der Waals surface area (Å²) in [4.78, 5) is 12.1. The molecule has 22 heavy (non-hydrogen) atoms. The Labute approximate surface area is 139 Å². The maximum atomic E-state index is 12.1. The molecular formula is C17H27ClN2O2. The van der Waals surface area contributed by atoms with Crippen LogP contribution in [-0.4, -0.2) is 31.6 Å². The van der Waals surface area contributed by atoms with Gasteiger partial charge in [-0.2, -0.15) is 0 Å². The fourth-order valence-corrected chi connectivity index (χ4v) is 2.61. The van der Waals surface area contributed by atoms with Gasteiger partial charge in [0.1, 0.15) is 5.75 Å². The summed E-state index contributed by atoms with van der Waals surface area (Å²) >= 11 is 0. The Hall–Kier alpha value is -1.26. The molecule has 124 valence electrons. The van der Waals surface area contributed by atoms with E-state index in [1.165, 1.54) is 12.8 Å². The summed E-state index contributed by atoms with van der Waals surface area (Å²) in [7, 11) is 0. The number of halogens is 1. The molecule has 1 aromatic rings. The SMILES string of the molecule is CC(C)Oc1ccccc1CC(=O)NCC1CCCNC1.Cl. The van der Waals surface area contributed by atoms with Crippen molar-refractivity contribution in [1.29, 1.82) is 0 Å². The van der Waals surface area contributed by atoms with Gasteiger partial charge in [-0.1, -0.05) is 18.2 Å². The van der Waals surface area contributed by atoms with Crippen molar-refractivity contribution in [3.63, 3.8) is 0 Å². The highest BCUT2D eigenvalue weighted by Crippen LogP contribution is 2.20. The van der Waals surface area contributed by atoms with Crippen LogP contribution < -0.4 is 15.4 Å². The van der Waals surface area contributed by atoms with Crippen molar-refractivity contribution in [2.75, 3.05) is 19.6 Å². The molecule has 4 nitrogen and oxygen atoms in total. The van der Waals surface area contributed by atoms with Crippen molar-refractivity contribution in [3.05, 3.63) is 29.8 Å². The van der Waals surface area contributed by atoms with Crippen LogP contribution in [0.1, 0.15) is 32.3 Å². The number of hydrogen-bond acceptors (Lipinski definition) is 3. The van der Waals surface area contributed by atoms with E-state index < -0.39 is 0 Å². The summed E-state index contributed by atoms with van der Waals surface area (Å²) in [5.74, 6) is 1.44. The zero-order chi connectivity index (χ0) is 15.1. The third-order valence-corrected chi connectivity index (χ3v) is 3.67. The number of ether oxygens (including phenoxy) is 1. The highest BCUT2D eigenvalue weighted by Gasteiger charge is 2.15. The fraction of sp³-hybridized carbons (Fsp3) is 0.588. The number of rotatable bonds is 6. The van der Waals surface area contributed by atoms with Crippen LogP contribution in [0.5, 0.6) is 5.75 Å². The monoisotopic (exact) mass is 326 g/mol. The Kier molecular flexibility index (Phi) is 8.28. The van der Waals surface area contributed by atoms with Gasteiger partial charge in [0, 0.05) is 12.1 Å². The van der Waals surface area contributed by atoms with Crippen molar-refractivity contribution in [2.24, 2.45) is 5.92 Å². The van der Waals surface area contributed by atoms with Gasteiger partial charge in [-0.3, -0.25) is 4.79 Å². The molecule has 0 aromatic heterocycles. The standard InChI is InChI=1S/C17H26N2O2.ClH/c1-13(2)21-16-8-4-3-7-15(16)10-17(20)19-12-14-6-5-9-18-11-14;/h3-4,7-8,13-14,18H,5-6,9-12H2,1-2H3,(H,19,20);1H. The topological polar surface area (TPSA) is 50.4 Å². The number of amides is 1. The molecule has 1 saturated heterocycles. The van der Waals surface area contributed by atoms with E-state index in [9.17, 15) is 4.79 Å². The van der Waals surface area contributed by atoms with E-state index in [-0.39, 0.29) is 24.4 Å². The van der Waals surface area contributed by atoms with Gasteiger partial charge < -0.3 is 15.4 Å². The molecule has 1 amide bonds. The van der Waals surface area contributed by atoms with Crippen molar-refractivity contribution < 1.29 is 9.53 Å². The largest absolute Gasteiger partial charge is 0.491 e. The molecule has 5 heteroatoms. The fourth-order valence-electron chi connectivity index (χ4n) is 2.61. The first-order chi connectivity index (χ1) is 10.1. The first-order valence-corrected chi connectivity index (χ1v) is 7.87. The van der Waals surface area contributed by atoms with E-state index in [0.29, 0.717) is 12.3 Å². The normalized spacial score (nSPS) is 17.7. The van der Waals surface area contributed by atoms with Crippen LogP contribution >= 0.6 is 12.4 Å². The number of para-hydroxylation sites is 1. The highest BCUT2D eigenvalue weighted by molar-refractivity contribution is 5.85. The van der Waals surface area contributed by atoms with Crippen LogP contribution in [0.2, 0.25) is 0 Å². The molecule has 1 fully saturated rings. The van der Waals surface area contributed by atoms with Crippen LogP contribution in [0.15, 0.2) is 24.3 Å². The lowest BCUT2D eigenvalue weighted by Crippen LogP contribution is -2.38. The van der Waals surface area contributed by atoms with E-state index in [1.54, 1.807) is 0 Å². The number of nitrogens with one attached hydrogen (secondary N) is 2. The van der Waals surface area contributed by atoms with Crippen LogP contribution in [0, 0.1) is 5.92 Å². The second-order valence-corrected chi connectivity index (χ2v) is 5.97. The molecule has 0 saturated carbocycles. The third kappa shape index (κ3) is 6.24. The maximum Gasteiger partial charge on any atom is 0.224 e. The van der Waals surface area contributed by atoms with Gasteiger partial charge in [0.2, 0.25) is 5.91 Å². The predicted octanol–water partition coefficient (Wildman–Crippen LogP) is 2.55. The van der Waals surface area contributed by atoms with Gasteiger partial charge in [-0.15, -0.1) is 12.4 Å². The lowest BCUT2D eigenvalue weighted by atomic mass is 9.99. The van der Waals surface area contributed by atoms with Gasteiger partial charge in [0.05, 0.1) is 12.5 Å². The number of benzene rings is 1. The lowest BCUT2D eigenvalue weighted by molar-refractivity contribution is -0.120. The summed E-state index contributed by atoms with van der Waals surface area (Å²) < 4.78 is 5.75. The minimum Gasteiger partial charge on any atom is -0.491 e. The molecule has 1 unspecified atom stereocenters. The molecule has 1 atom stereocenters. The molecule has 2 N–H and O–H groups in total. The van der Waals surface area contributed by atoms with Gasteiger partial charge in [-0.25, -0.2) is 0 Å². The number of piperidine rings is 1. The van der Waals surface area contributed by atoms with Crippen LogP contribution in [0.4, 0.5) is 0 Å². The summed E-state index contributed by atoms with van der Waals surface area (Å²) in [5.41, 5.74) is 0.950. The van der Waals surface area contributed by atoms with Crippen LogP contribution in [-0.2, 0) is 11.2 Å². The van der Waals surface area contributed by atoms with Gasteiger partial charge in [-0.05, 0) is 51.8 Å². The Morgan fingerprint density at radius 1 is 1.41 bits per heavy atom. The number of carbonyl (C=O) groups excluding carboxylic acids is 1. The first kappa shape index (κ1) is 18.8. The maximum absolute atomic E-state index is 12.1. The minimum absolute atomic E-state index is 0. The second kappa shape index (κ2) is 9.70. The summed E-state index contributed by atoms with van der Waals surface area (Å²) in [6.07, 6.45) is 2.89. The van der Waals surface area contributed by atoms with Gasteiger partial charge >= 0.3 is 0 Å². The summed E-state index contributed by atoms with van der Waals surface area (Å²) in [6, 6.07) is 7.76. The third-order valence-electron chi connectivity index (χ3n) is 3.67. The quantitative estimate of drug-likeness (QED) is 0.844. The van der Waals surface area contributed by atoms with E-state index in [2.05, 4.69) is 10.6 Å². The summed E-state index contributed by atoms with van der Waals surface area (Å²) in [6.45, 7) is 6.86. The van der Waals surface area contributed by atoms with E-state index >= 15 is 0 Å². The first-order valence-electron chi connectivity index (χ1n) is 7.87. The molecule has 2 rings (SSSR count). The molecule has 1 heterocycles. The Bertz CT molecular complexity index is 460. The van der Waals surface area contributed by atoms with Crippen molar-refractivity contribution >= 4 is 18.3 Å². The predicted molar refractivity (Wildman–Crippen MR) is 91.8 cm³/mol. The molecule has 0 aliphatic carbocycles. The molecule has 1 aliphatic rings. The number of hydrogen-bond donors (Lipinski definition) is 2. The van der Waals surface area contributed by atoms with E-state index in [0.717, 1.165) is 30.9 Å². The molecular weight excluding hydrogens is 300 g/mol. The average Bonchev–Trinajstić information content (AvgIpc) is 2.48. The Morgan fingerprint density at radius 3 is 2.86 bits per heavy atom. The van der Waals surface area contributed by atoms with Crippen molar-refractivity contribution in [2.45, 2.75) is 39.2 Å². The minimum atomic E-state index is 0. The van der Waals surface area contributed by atoms with Crippen molar-refractivity contribution in [3.8, 4) is 5.75 Å². The average molecular weight is 327 g/mol. The molecule has 0 radical (unpaired) electrons. The van der Waals surface area contributed by atoms with Gasteiger partial charge in [0.25, 0.3) is 0 Å². The number of carbonyl (C=O) groups is 1. The van der Waals surface area contributed by atoms with Crippen LogP contribution in [0.25, 0.3) is 0 Å². The summed E-state index contributed by atoms with van der Waals surface area (Å²) in [5, 5.41) is 6.41. The molecule has 0 spiro atoms. The van der Waals surface area contributed by atoms with Gasteiger partial charge in [0.15, 0.2) is 0 Å².